The number of methoxy groups -OCH3 is 1. The van der Waals surface area contributed by atoms with Gasteiger partial charge in [-0.2, -0.15) is 5.10 Å². The molecular formula is C37H30ClF2N7O6S2. The molecule has 3 heterocycles. The Bertz CT molecular complexity index is 2740. The minimum absolute atomic E-state index is 0.0850. The van der Waals surface area contributed by atoms with Crippen LogP contribution in [0.2, 0.25) is 5.02 Å². The van der Waals surface area contributed by atoms with E-state index in [4.69, 9.17) is 21.3 Å². The van der Waals surface area contributed by atoms with Gasteiger partial charge in [0.25, 0.3) is 5.56 Å². The number of thiazole rings is 1. The molecule has 7 rings (SSSR count). The number of nitrogens with zero attached hydrogens (tertiary/aromatic N) is 5. The topological polar surface area (TPSA) is 170 Å². The molecule has 1 atom stereocenters. The van der Waals surface area contributed by atoms with E-state index in [0.717, 1.165) is 17.7 Å². The first-order chi connectivity index (χ1) is 26.3. The van der Waals surface area contributed by atoms with Crippen LogP contribution >= 0.6 is 22.9 Å². The summed E-state index contributed by atoms with van der Waals surface area (Å²) in [4.78, 5) is 36.4. The lowest BCUT2D eigenvalue weighted by Crippen LogP contribution is -2.35. The summed E-state index contributed by atoms with van der Waals surface area (Å²) < 4.78 is 65.8. The van der Waals surface area contributed by atoms with Crippen molar-refractivity contribution in [3.05, 3.63) is 128 Å². The number of hydrogen-bond acceptors (Lipinski definition) is 9. The standard InChI is InChI=1S/C37H30ClF2N7O6S2/c1-46-32-29(11-10-26(38)31(32)33(44-46)45-55(51,52)15-12-20-6-8-24(53-2)9-7-20)47-34(28(43-37(49)50)18-21-16-22(39)19-23(40)17-21)42-27-5-3-4-25(30(27)36(47)48)35-41-13-14-54-35/h3-11,13-14,16-17,19,28,43H,12,15,18H2,1-2H3,(H,44,45)(H,49,50)/t28-/m0/s1. The summed E-state index contributed by atoms with van der Waals surface area (Å²) in [5, 5.41) is 19.4. The summed E-state index contributed by atoms with van der Waals surface area (Å²) in [5.74, 6) is -1.67. The number of carboxylic acid groups (broad SMARTS) is 1. The molecule has 282 valence electrons. The average Bonchev–Trinajstić information content (AvgIpc) is 3.79. The molecule has 13 nitrogen and oxygen atoms in total. The monoisotopic (exact) mass is 805 g/mol. The van der Waals surface area contributed by atoms with Crippen LogP contribution in [0, 0.1) is 11.6 Å². The van der Waals surface area contributed by atoms with Crippen LogP contribution in [-0.2, 0) is 29.9 Å². The number of halogens is 3. The lowest BCUT2D eigenvalue weighted by molar-refractivity contribution is 0.189. The van der Waals surface area contributed by atoms with Crippen molar-refractivity contribution in [3.63, 3.8) is 0 Å². The van der Waals surface area contributed by atoms with Crippen LogP contribution in [-0.4, -0.2) is 56.8 Å². The van der Waals surface area contributed by atoms with Crippen molar-refractivity contribution in [2.75, 3.05) is 17.6 Å². The van der Waals surface area contributed by atoms with Crippen LogP contribution < -0.4 is 20.3 Å². The molecule has 0 aliphatic carbocycles. The van der Waals surface area contributed by atoms with Crippen molar-refractivity contribution in [1.82, 2.24) is 29.6 Å². The third kappa shape index (κ3) is 7.71. The Morgan fingerprint density at radius 2 is 1.78 bits per heavy atom. The number of rotatable bonds is 12. The number of carbonyl (C=O) groups is 1. The second-order valence-electron chi connectivity index (χ2n) is 12.4. The van der Waals surface area contributed by atoms with Crippen LogP contribution in [0.3, 0.4) is 0 Å². The summed E-state index contributed by atoms with van der Waals surface area (Å²) in [6, 6.07) is 16.4. The molecule has 0 fully saturated rings. The Kier molecular flexibility index (Phi) is 10.3. The van der Waals surface area contributed by atoms with Gasteiger partial charge in [0.2, 0.25) is 10.0 Å². The molecule has 3 aromatic heterocycles. The molecule has 3 N–H and O–H groups in total. The van der Waals surface area contributed by atoms with Gasteiger partial charge in [-0.1, -0.05) is 35.9 Å². The predicted octanol–water partition coefficient (Wildman–Crippen LogP) is 6.87. The van der Waals surface area contributed by atoms with Gasteiger partial charge in [-0.15, -0.1) is 11.3 Å². The lowest BCUT2D eigenvalue weighted by atomic mass is 10.0. The molecule has 0 radical (unpaired) electrons. The maximum Gasteiger partial charge on any atom is 0.405 e. The first-order valence-electron chi connectivity index (χ1n) is 16.5. The molecule has 0 aliphatic heterocycles. The molecule has 0 unspecified atom stereocenters. The Labute approximate surface area is 320 Å². The van der Waals surface area contributed by atoms with E-state index in [0.29, 0.717) is 22.4 Å². The van der Waals surface area contributed by atoms with Gasteiger partial charge in [0, 0.05) is 36.7 Å². The molecule has 0 bridgehead atoms. The SMILES string of the molecule is COc1ccc(CCS(=O)(=O)Nc2nn(C)c3c(-n4c([C@H](Cc5cc(F)cc(F)c5)NC(=O)O)nc5cccc(-c6nccs6)c5c4=O)ccc(Cl)c23)cc1. The van der Waals surface area contributed by atoms with Crippen molar-refractivity contribution >= 4 is 66.7 Å². The summed E-state index contributed by atoms with van der Waals surface area (Å²) in [6.45, 7) is 0. The largest absolute Gasteiger partial charge is 0.497 e. The molecule has 18 heteroatoms. The van der Waals surface area contributed by atoms with Gasteiger partial charge in [0.1, 0.15) is 28.2 Å². The number of aromatic nitrogens is 5. The zero-order valence-corrected chi connectivity index (χ0v) is 31.3. The molecule has 0 spiro atoms. The first-order valence-corrected chi connectivity index (χ1v) is 19.4. The molecule has 1 amide bonds. The second kappa shape index (κ2) is 15.1. The van der Waals surface area contributed by atoms with Crippen LogP contribution in [0.5, 0.6) is 5.75 Å². The smallest absolute Gasteiger partial charge is 0.405 e. The van der Waals surface area contributed by atoms with Gasteiger partial charge >= 0.3 is 6.09 Å². The molecule has 0 saturated heterocycles. The maximum absolute atomic E-state index is 15.0. The highest BCUT2D eigenvalue weighted by atomic mass is 35.5. The third-order valence-corrected chi connectivity index (χ3v) is 11.2. The van der Waals surface area contributed by atoms with E-state index in [9.17, 15) is 31.9 Å². The number of hydrogen-bond donors (Lipinski definition) is 3. The summed E-state index contributed by atoms with van der Waals surface area (Å²) in [5.41, 5.74) is 1.18. The van der Waals surface area contributed by atoms with E-state index >= 15 is 0 Å². The minimum Gasteiger partial charge on any atom is -0.497 e. The summed E-state index contributed by atoms with van der Waals surface area (Å²) in [6.07, 6.45) is -0.0410. The van der Waals surface area contributed by atoms with Gasteiger partial charge in [-0.05, 0) is 60.0 Å². The Hall–Kier alpha value is -5.91. The van der Waals surface area contributed by atoms with E-state index < -0.39 is 39.4 Å². The lowest BCUT2D eigenvalue weighted by Gasteiger charge is -2.23. The fourth-order valence-electron chi connectivity index (χ4n) is 6.42. The van der Waals surface area contributed by atoms with E-state index in [1.807, 2.05) is 0 Å². The van der Waals surface area contributed by atoms with Crippen molar-refractivity contribution < 1.29 is 31.8 Å². The highest BCUT2D eigenvalue weighted by molar-refractivity contribution is 7.92. The predicted molar refractivity (Wildman–Crippen MR) is 206 cm³/mol. The summed E-state index contributed by atoms with van der Waals surface area (Å²) >= 11 is 8.02. The zero-order valence-electron chi connectivity index (χ0n) is 29.0. The van der Waals surface area contributed by atoms with E-state index in [2.05, 4.69) is 20.1 Å². The van der Waals surface area contributed by atoms with Crippen molar-refractivity contribution in [2.45, 2.75) is 18.9 Å². The number of fused-ring (bicyclic) bond motifs is 2. The Morgan fingerprint density at radius 1 is 1.04 bits per heavy atom. The maximum atomic E-state index is 15.0. The fraction of sp³-hybridized carbons (Fsp3) is 0.162. The van der Waals surface area contributed by atoms with Crippen molar-refractivity contribution in [1.29, 1.82) is 0 Å². The number of ether oxygens (including phenoxy) is 1. The van der Waals surface area contributed by atoms with Gasteiger partial charge in [-0.3, -0.25) is 18.8 Å². The number of nitrogens with one attached hydrogen (secondary N) is 2. The minimum atomic E-state index is -4.00. The first kappa shape index (κ1) is 37.4. The Balaban J connectivity index is 1.42. The van der Waals surface area contributed by atoms with Crippen molar-refractivity contribution in [2.24, 2.45) is 7.05 Å². The molecular weight excluding hydrogens is 776 g/mol. The normalized spacial score (nSPS) is 12.2. The zero-order chi connectivity index (χ0) is 39.0. The Morgan fingerprint density at radius 3 is 2.45 bits per heavy atom. The van der Waals surface area contributed by atoms with Gasteiger partial charge in [-0.25, -0.2) is 32.0 Å². The van der Waals surface area contributed by atoms with Crippen molar-refractivity contribution in [3.8, 4) is 22.0 Å². The molecule has 0 saturated carbocycles. The average molecular weight is 806 g/mol. The molecule has 7 aromatic rings. The van der Waals surface area contributed by atoms with Crippen LogP contribution in [0.25, 0.3) is 38.1 Å². The van der Waals surface area contributed by atoms with Gasteiger partial charge in [0.15, 0.2) is 5.82 Å². The van der Waals surface area contributed by atoms with Crippen LogP contribution in [0.4, 0.5) is 19.4 Å². The molecule has 4 aromatic carbocycles. The fourth-order valence-corrected chi connectivity index (χ4v) is 8.38. The molecule has 55 heavy (non-hydrogen) atoms. The third-order valence-electron chi connectivity index (χ3n) is 8.79. The molecule has 0 aliphatic rings. The van der Waals surface area contributed by atoms with Gasteiger partial charge in [0.05, 0.1) is 51.4 Å². The summed E-state index contributed by atoms with van der Waals surface area (Å²) in [7, 11) is -0.944. The van der Waals surface area contributed by atoms with E-state index in [1.165, 1.54) is 46.9 Å². The van der Waals surface area contributed by atoms with E-state index in [1.54, 1.807) is 54.0 Å². The van der Waals surface area contributed by atoms with Crippen LogP contribution in [0.1, 0.15) is 23.0 Å². The van der Waals surface area contributed by atoms with E-state index in [-0.39, 0.29) is 68.3 Å². The number of amides is 1. The number of anilines is 1. The highest BCUT2D eigenvalue weighted by Gasteiger charge is 2.28. The number of benzene rings is 4. The second-order valence-corrected chi connectivity index (χ2v) is 15.6. The number of aryl methyl sites for hydroxylation is 2. The van der Waals surface area contributed by atoms with Gasteiger partial charge < -0.3 is 15.2 Å². The van der Waals surface area contributed by atoms with Crippen LogP contribution in [0.15, 0.2) is 89.2 Å². The highest BCUT2D eigenvalue weighted by Crippen LogP contribution is 2.36. The quantitative estimate of drug-likeness (QED) is 0.119. The number of sulfonamides is 1.